The first kappa shape index (κ1) is 14.0. The molecule has 4 rings (SSSR count). The van der Waals surface area contributed by atoms with Crippen molar-refractivity contribution >= 4 is 17.7 Å². The molecule has 0 bridgehead atoms. The van der Waals surface area contributed by atoms with Crippen molar-refractivity contribution in [2.45, 2.75) is 63.5 Å². The molecule has 22 heavy (non-hydrogen) atoms. The first-order chi connectivity index (χ1) is 10.4. The summed E-state index contributed by atoms with van der Waals surface area (Å²) in [5.41, 5.74) is -0.580. The monoisotopic (exact) mass is 303 g/mol. The van der Waals surface area contributed by atoms with Crippen LogP contribution in [0.15, 0.2) is 11.1 Å². The third-order valence-corrected chi connectivity index (χ3v) is 6.44. The van der Waals surface area contributed by atoms with Gasteiger partial charge in [-0.25, -0.2) is 4.79 Å². The van der Waals surface area contributed by atoms with Crippen LogP contribution in [0.3, 0.4) is 0 Å². The number of esters is 1. The van der Waals surface area contributed by atoms with Crippen molar-refractivity contribution in [1.29, 1.82) is 0 Å². The Morgan fingerprint density at radius 3 is 2.64 bits per heavy atom. The minimum absolute atomic E-state index is 0.0122. The van der Waals surface area contributed by atoms with E-state index in [0.717, 1.165) is 24.8 Å². The minimum atomic E-state index is -1.21. The van der Waals surface area contributed by atoms with Gasteiger partial charge in [-0.05, 0) is 44.6 Å². The van der Waals surface area contributed by atoms with Crippen LogP contribution in [-0.4, -0.2) is 40.2 Å². The Hall–Kier alpha value is -1.65. The maximum absolute atomic E-state index is 13.0. The van der Waals surface area contributed by atoms with Crippen LogP contribution in [-0.2, 0) is 19.1 Å². The Bertz CT molecular complexity index is 637. The third kappa shape index (κ3) is 1.29. The van der Waals surface area contributed by atoms with Crippen LogP contribution in [0.5, 0.6) is 0 Å². The van der Waals surface area contributed by atoms with E-state index in [4.69, 9.17) is 4.74 Å². The van der Waals surface area contributed by atoms with Gasteiger partial charge >= 0.3 is 5.97 Å². The van der Waals surface area contributed by atoms with Gasteiger partial charge in [-0.1, -0.05) is 6.42 Å². The molecule has 0 N–H and O–H groups in total. The number of carbonyl (C=O) groups excluding carboxylic acids is 3. The molecule has 0 unspecified atom stereocenters. The highest BCUT2D eigenvalue weighted by Crippen LogP contribution is 2.60. The molecular weight excluding hydrogens is 282 g/mol. The molecule has 0 radical (unpaired) electrons. The van der Waals surface area contributed by atoms with E-state index >= 15 is 0 Å². The molecule has 2 spiro atoms. The summed E-state index contributed by atoms with van der Waals surface area (Å²) >= 11 is 0. The fourth-order valence-corrected chi connectivity index (χ4v) is 5.36. The van der Waals surface area contributed by atoms with Crippen molar-refractivity contribution in [1.82, 2.24) is 4.90 Å². The molecule has 118 valence electrons. The van der Waals surface area contributed by atoms with Gasteiger partial charge in [0.05, 0.1) is 5.54 Å². The van der Waals surface area contributed by atoms with Gasteiger partial charge in [-0.3, -0.25) is 9.59 Å². The fourth-order valence-electron chi connectivity index (χ4n) is 5.36. The number of hydrogen-bond donors (Lipinski definition) is 0. The summed E-state index contributed by atoms with van der Waals surface area (Å²) in [5, 5.41) is 0. The molecule has 3 atom stereocenters. The standard InChI is InChI=1S/C17H21NO4/c1-10-11(2)17(22-15(10)21)13(19)9-12-5-3-4-8-18-14(20)6-7-16(12,17)18/h12H,3-9H2,1-2H3/t12-,16-,17+/m0/s1. The molecule has 1 amide bonds. The number of nitrogens with zero attached hydrogens (tertiary/aromatic N) is 1. The number of ether oxygens (including phenoxy) is 1. The topological polar surface area (TPSA) is 63.7 Å². The van der Waals surface area contributed by atoms with Crippen molar-refractivity contribution in [2.75, 3.05) is 6.54 Å². The summed E-state index contributed by atoms with van der Waals surface area (Å²) in [6.45, 7) is 4.23. The SMILES string of the molecule is CC1=C(C)[C@@]2(OC1=O)C(=O)C[C@@H]1CCCCN3C(=O)CC[C@@]132. The average molecular weight is 303 g/mol. The molecule has 3 fully saturated rings. The van der Waals surface area contributed by atoms with Gasteiger partial charge in [0.1, 0.15) is 0 Å². The first-order valence-electron chi connectivity index (χ1n) is 8.20. The summed E-state index contributed by atoms with van der Waals surface area (Å²) in [7, 11) is 0. The second-order valence-electron chi connectivity index (χ2n) is 7.11. The largest absolute Gasteiger partial charge is 0.440 e. The number of rotatable bonds is 0. The van der Waals surface area contributed by atoms with E-state index in [0.29, 0.717) is 31.4 Å². The van der Waals surface area contributed by atoms with Crippen molar-refractivity contribution in [3.8, 4) is 0 Å². The lowest BCUT2D eigenvalue weighted by atomic mass is 9.70. The molecule has 3 aliphatic heterocycles. The highest BCUT2D eigenvalue weighted by atomic mass is 16.6. The predicted molar refractivity (Wildman–Crippen MR) is 77.8 cm³/mol. The first-order valence-corrected chi connectivity index (χ1v) is 8.20. The normalized spacial score (nSPS) is 41.1. The molecule has 5 nitrogen and oxygen atoms in total. The quantitative estimate of drug-likeness (QED) is 0.640. The number of hydrogen-bond acceptors (Lipinski definition) is 4. The van der Waals surface area contributed by atoms with Crippen LogP contribution >= 0.6 is 0 Å². The maximum atomic E-state index is 13.0. The van der Waals surface area contributed by atoms with Crippen LogP contribution in [0.4, 0.5) is 0 Å². The van der Waals surface area contributed by atoms with Crippen LogP contribution in [0, 0.1) is 5.92 Å². The lowest BCUT2D eigenvalue weighted by molar-refractivity contribution is -0.168. The van der Waals surface area contributed by atoms with Crippen LogP contribution in [0.25, 0.3) is 0 Å². The molecule has 0 aromatic heterocycles. The Balaban J connectivity index is 1.97. The average Bonchev–Trinajstić information content (AvgIpc) is 2.95. The number of Topliss-reactive ketones (excluding diaryl/α,β-unsaturated/α-hetero) is 1. The molecule has 1 aliphatic carbocycles. The van der Waals surface area contributed by atoms with Crippen molar-refractivity contribution in [3.63, 3.8) is 0 Å². The van der Waals surface area contributed by atoms with Gasteiger partial charge < -0.3 is 9.64 Å². The molecule has 3 heterocycles. The highest BCUT2D eigenvalue weighted by Gasteiger charge is 2.75. The van der Waals surface area contributed by atoms with Crippen LogP contribution in [0.2, 0.25) is 0 Å². The molecular formula is C17H21NO4. The maximum Gasteiger partial charge on any atom is 0.335 e. The Labute approximate surface area is 129 Å². The summed E-state index contributed by atoms with van der Waals surface area (Å²) in [5.74, 6) is -0.191. The Kier molecular flexibility index (Phi) is 2.67. The van der Waals surface area contributed by atoms with E-state index in [1.807, 2.05) is 11.8 Å². The van der Waals surface area contributed by atoms with E-state index in [-0.39, 0.29) is 17.6 Å². The van der Waals surface area contributed by atoms with Gasteiger partial charge in [0, 0.05) is 25.0 Å². The zero-order chi connectivity index (χ0) is 15.7. The molecule has 4 aliphatic rings. The highest BCUT2D eigenvalue weighted by molar-refractivity contribution is 6.06. The lowest BCUT2D eigenvalue weighted by Gasteiger charge is -2.47. The van der Waals surface area contributed by atoms with Crippen molar-refractivity contribution in [2.24, 2.45) is 5.92 Å². The molecule has 5 heteroatoms. The van der Waals surface area contributed by atoms with E-state index in [2.05, 4.69) is 0 Å². The smallest absolute Gasteiger partial charge is 0.335 e. The summed E-state index contributed by atoms with van der Waals surface area (Å²) < 4.78 is 5.77. The fraction of sp³-hybridized carbons (Fsp3) is 0.706. The number of carbonyl (C=O) groups is 3. The number of amides is 1. The summed E-state index contributed by atoms with van der Waals surface area (Å²) in [4.78, 5) is 39.5. The predicted octanol–water partition coefficient (Wildman–Crippen LogP) is 1.75. The van der Waals surface area contributed by atoms with Gasteiger partial charge in [0.2, 0.25) is 11.5 Å². The van der Waals surface area contributed by atoms with Crippen molar-refractivity contribution in [3.05, 3.63) is 11.1 Å². The van der Waals surface area contributed by atoms with E-state index in [9.17, 15) is 14.4 Å². The van der Waals surface area contributed by atoms with Crippen LogP contribution < -0.4 is 0 Å². The Morgan fingerprint density at radius 1 is 1.18 bits per heavy atom. The lowest BCUT2D eigenvalue weighted by Crippen LogP contribution is -2.64. The van der Waals surface area contributed by atoms with Gasteiger partial charge in [-0.2, -0.15) is 0 Å². The molecule has 0 aromatic rings. The minimum Gasteiger partial charge on any atom is -0.440 e. The van der Waals surface area contributed by atoms with Crippen LogP contribution in [0.1, 0.15) is 52.4 Å². The second kappa shape index (κ2) is 4.21. The van der Waals surface area contributed by atoms with Crippen molar-refractivity contribution < 1.29 is 19.1 Å². The van der Waals surface area contributed by atoms with Gasteiger partial charge in [0.25, 0.3) is 0 Å². The van der Waals surface area contributed by atoms with E-state index in [1.165, 1.54) is 0 Å². The summed E-state index contributed by atoms with van der Waals surface area (Å²) in [6, 6.07) is 0. The van der Waals surface area contributed by atoms with E-state index < -0.39 is 17.1 Å². The Morgan fingerprint density at radius 2 is 1.95 bits per heavy atom. The number of ketones is 1. The second-order valence-corrected chi connectivity index (χ2v) is 7.11. The third-order valence-electron chi connectivity index (χ3n) is 6.44. The molecule has 1 saturated carbocycles. The van der Waals surface area contributed by atoms with Gasteiger partial charge in [0.15, 0.2) is 5.78 Å². The summed E-state index contributed by atoms with van der Waals surface area (Å²) in [6.07, 6.45) is 4.41. The van der Waals surface area contributed by atoms with E-state index in [1.54, 1.807) is 6.92 Å². The van der Waals surface area contributed by atoms with Gasteiger partial charge in [-0.15, -0.1) is 0 Å². The molecule has 2 saturated heterocycles. The zero-order valence-corrected chi connectivity index (χ0v) is 13.1. The zero-order valence-electron chi connectivity index (χ0n) is 13.1. The molecule has 0 aromatic carbocycles.